The highest BCUT2D eigenvalue weighted by molar-refractivity contribution is 7.95. The molecule has 7 heteroatoms. The summed E-state index contributed by atoms with van der Waals surface area (Å²) >= 11 is 0. The van der Waals surface area contributed by atoms with E-state index in [1.807, 2.05) is 32.9 Å². The van der Waals surface area contributed by atoms with E-state index in [4.69, 9.17) is 4.74 Å². The molecule has 0 unspecified atom stereocenters. The van der Waals surface area contributed by atoms with Crippen molar-refractivity contribution >= 4 is 21.4 Å². The number of aliphatic hydroxyl groups is 1. The summed E-state index contributed by atoms with van der Waals surface area (Å²) in [5.74, 6) is -0.890. The van der Waals surface area contributed by atoms with Gasteiger partial charge in [-0.2, -0.15) is 0 Å². The Bertz CT molecular complexity index is 1330. The Labute approximate surface area is 200 Å². The molecule has 0 bridgehead atoms. The molecule has 0 spiro atoms. The number of carbonyl (C=O) groups excluding carboxylic acids is 1. The van der Waals surface area contributed by atoms with E-state index in [0.717, 1.165) is 17.5 Å². The number of nitrogens with zero attached hydrogens (tertiary/aromatic N) is 1. The van der Waals surface area contributed by atoms with Gasteiger partial charge in [-0.25, -0.2) is 8.42 Å². The molecule has 6 nitrogen and oxygen atoms in total. The van der Waals surface area contributed by atoms with Crippen LogP contribution < -0.4 is 9.64 Å². The molecule has 1 aliphatic heterocycles. The quantitative estimate of drug-likeness (QED) is 0.500. The average Bonchev–Trinajstić information content (AvgIpc) is 3.11. The predicted molar refractivity (Wildman–Crippen MR) is 132 cm³/mol. The van der Waals surface area contributed by atoms with Gasteiger partial charge in [0, 0.05) is 5.69 Å². The summed E-state index contributed by atoms with van der Waals surface area (Å²) in [6.07, 6.45) is 0.826. The Morgan fingerprint density at radius 3 is 2.09 bits per heavy atom. The maximum Gasteiger partial charge on any atom is 0.295 e. The van der Waals surface area contributed by atoms with E-state index in [9.17, 15) is 18.3 Å². The first-order valence-electron chi connectivity index (χ1n) is 11.2. The summed E-state index contributed by atoms with van der Waals surface area (Å²) in [4.78, 5) is 14.3. The van der Waals surface area contributed by atoms with Crippen molar-refractivity contribution in [2.24, 2.45) is 0 Å². The van der Waals surface area contributed by atoms with Crippen molar-refractivity contribution in [3.63, 3.8) is 0 Å². The Kier molecular flexibility index (Phi) is 6.48. The van der Waals surface area contributed by atoms with Gasteiger partial charge in [0.05, 0.1) is 11.5 Å². The molecule has 3 aromatic carbocycles. The van der Waals surface area contributed by atoms with Gasteiger partial charge in [0.15, 0.2) is 5.76 Å². The van der Waals surface area contributed by atoms with Crippen LogP contribution >= 0.6 is 0 Å². The average molecular weight is 478 g/mol. The lowest BCUT2D eigenvalue weighted by Crippen LogP contribution is -2.31. The molecule has 0 aromatic heterocycles. The molecule has 0 radical (unpaired) electrons. The fourth-order valence-corrected chi connectivity index (χ4v) is 5.70. The zero-order valence-corrected chi connectivity index (χ0v) is 20.2. The molecule has 1 aliphatic rings. The molecule has 34 heavy (non-hydrogen) atoms. The van der Waals surface area contributed by atoms with E-state index < -0.39 is 27.5 Å². The number of rotatable bonds is 7. The van der Waals surface area contributed by atoms with Crippen LogP contribution in [0.1, 0.15) is 36.6 Å². The SMILES string of the molecule is CCOc1ccc([C@H]2C(S(=O)(=O)c3ccc(C)cc3)=C(O)C(=O)N2c2ccc(CC)cc2)cc1. The number of ether oxygens (including phenoxy) is 1. The van der Waals surface area contributed by atoms with Crippen LogP contribution in [0.25, 0.3) is 0 Å². The molecule has 0 aliphatic carbocycles. The summed E-state index contributed by atoms with van der Waals surface area (Å²) in [5.41, 5.74) is 3.03. The topological polar surface area (TPSA) is 83.9 Å². The minimum absolute atomic E-state index is 0.0200. The van der Waals surface area contributed by atoms with Gasteiger partial charge < -0.3 is 9.84 Å². The minimum Gasteiger partial charge on any atom is -0.502 e. The molecule has 1 N–H and O–H groups in total. The number of amides is 1. The van der Waals surface area contributed by atoms with E-state index in [-0.39, 0.29) is 9.80 Å². The standard InChI is InChI=1S/C27H27NO5S/c1-4-19-8-12-21(13-9-19)28-24(20-10-14-22(15-11-20)33-5-2)26(25(29)27(28)30)34(31,32)23-16-6-18(3)7-17-23/h6-17,24,29H,4-5H2,1-3H3/t24-/m0/s1. The normalized spacial score (nSPS) is 16.3. The molecule has 1 atom stereocenters. The van der Waals surface area contributed by atoms with Crippen molar-refractivity contribution in [3.05, 3.63) is 100 Å². The lowest BCUT2D eigenvalue weighted by molar-refractivity contribution is -0.117. The third-order valence-corrected chi connectivity index (χ3v) is 7.80. The van der Waals surface area contributed by atoms with Gasteiger partial charge in [-0.1, -0.05) is 48.9 Å². The van der Waals surface area contributed by atoms with E-state index in [1.54, 1.807) is 48.5 Å². The van der Waals surface area contributed by atoms with E-state index in [0.29, 0.717) is 23.6 Å². The van der Waals surface area contributed by atoms with Crippen molar-refractivity contribution in [2.75, 3.05) is 11.5 Å². The molecule has 0 saturated heterocycles. The van der Waals surface area contributed by atoms with Gasteiger partial charge in [-0.05, 0) is 67.8 Å². The Morgan fingerprint density at radius 2 is 1.53 bits per heavy atom. The third kappa shape index (κ3) is 4.19. The first-order chi connectivity index (χ1) is 16.3. The van der Waals surface area contributed by atoms with Gasteiger partial charge in [0.1, 0.15) is 16.7 Å². The lowest BCUT2D eigenvalue weighted by Gasteiger charge is -2.27. The fraction of sp³-hybridized carbons (Fsp3) is 0.222. The van der Waals surface area contributed by atoms with Crippen molar-refractivity contribution in [3.8, 4) is 5.75 Å². The van der Waals surface area contributed by atoms with Gasteiger partial charge in [-0.15, -0.1) is 0 Å². The molecule has 0 fully saturated rings. The highest BCUT2D eigenvalue weighted by Crippen LogP contribution is 2.45. The minimum atomic E-state index is -4.17. The van der Waals surface area contributed by atoms with Crippen molar-refractivity contribution < 1.29 is 23.1 Å². The molecular weight excluding hydrogens is 450 g/mol. The number of benzene rings is 3. The van der Waals surface area contributed by atoms with E-state index in [1.165, 1.54) is 17.0 Å². The summed E-state index contributed by atoms with van der Waals surface area (Å²) in [7, 11) is -4.17. The fourth-order valence-electron chi connectivity index (χ4n) is 4.07. The van der Waals surface area contributed by atoms with Crippen LogP contribution in [-0.2, 0) is 21.1 Å². The number of carbonyl (C=O) groups is 1. The largest absolute Gasteiger partial charge is 0.502 e. The Hall–Kier alpha value is -3.58. The van der Waals surface area contributed by atoms with Gasteiger partial charge in [0.2, 0.25) is 9.84 Å². The van der Waals surface area contributed by atoms with Crippen molar-refractivity contribution in [1.82, 2.24) is 0 Å². The van der Waals surface area contributed by atoms with Crippen molar-refractivity contribution in [2.45, 2.75) is 38.1 Å². The molecule has 0 saturated carbocycles. The van der Waals surface area contributed by atoms with Crippen LogP contribution in [0.5, 0.6) is 5.75 Å². The third-order valence-electron chi connectivity index (χ3n) is 5.91. The first-order valence-corrected chi connectivity index (χ1v) is 12.7. The maximum atomic E-state index is 13.7. The molecular formula is C27H27NO5S. The number of aliphatic hydroxyl groups excluding tert-OH is 1. The molecule has 1 heterocycles. The summed E-state index contributed by atoms with van der Waals surface area (Å²) < 4.78 is 32.9. The van der Waals surface area contributed by atoms with Crippen LogP contribution in [0.15, 0.2) is 88.4 Å². The molecule has 176 valence electrons. The second-order valence-electron chi connectivity index (χ2n) is 8.13. The highest BCUT2D eigenvalue weighted by atomic mass is 32.2. The van der Waals surface area contributed by atoms with Crippen LogP contribution in [0.2, 0.25) is 0 Å². The highest BCUT2D eigenvalue weighted by Gasteiger charge is 2.47. The van der Waals surface area contributed by atoms with Crippen LogP contribution in [0, 0.1) is 6.92 Å². The smallest absolute Gasteiger partial charge is 0.295 e. The lowest BCUT2D eigenvalue weighted by atomic mass is 10.0. The second-order valence-corrected chi connectivity index (χ2v) is 10.0. The van der Waals surface area contributed by atoms with Gasteiger partial charge >= 0.3 is 0 Å². The molecule has 4 rings (SSSR count). The Morgan fingerprint density at radius 1 is 0.912 bits per heavy atom. The Balaban J connectivity index is 1.88. The van der Waals surface area contributed by atoms with Crippen LogP contribution in [0.3, 0.4) is 0 Å². The van der Waals surface area contributed by atoms with Crippen LogP contribution in [-0.4, -0.2) is 26.0 Å². The maximum absolute atomic E-state index is 13.7. The zero-order valence-electron chi connectivity index (χ0n) is 19.4. The zero-order chi connectivity index (χ0) is 24.5. The molecule has 1 amide bonds. The van der Waals surface area contributed by atoms with E-state index >= 15 is 0 Å². The summed E-state index contributed by atoms with van der Waals surface area (Å²) in [5, 5.41) is 10.9. The number of aryl methyl sites for hydroxylation is 2. The number of hydrogen-bond donors (Lipinski definition) is 1. The number of anilines is 1. The first kappa shape index (κ1) is 23.6. The van der Waals surface area contributed by atoms with E-state index in [2.05, 4.69) is 0 Å². The van der Waals surface area contributed by atoms with Gasteiger partial charge in [-0.3, -0.25) is 9.69 Å². The summed E-state index contributed by atoms with van der Waals surface area (Å²) in [6, 6.07) is 19.6. The monoisotopic (exact) mass is 477 g/mol. The van der Waals surface area contributed by atoms with Crippen molar-refractivity contribution in [1.29, 1.82) is 0 Å². The number of hydrogen-bond acceptors (Lipinski definition) is 5. The van der Waals surface area contributed by atoms with Crippen LogP contribution in [0.4, 0.5) is 5.69 Å². The molecule has 3 aromatic rings. The predicted octanol–water partition coefficient (Wildman–Crippen LogP) is 5.29. The second kappa shape index (κ2) is 9.35. The van der Waals surface area contributed by atoms with Gasteiger partial charge in [0.25, 0.3) is 5.91 Å². The number of sulfone groups is 1. The summed E-state index contributed by atoms with van der Waals surface area (Å²) in [6.45, 7) is 6.25.